The third-order valence-corrected chi connectivity index (χ3v) is 3.68. The maximum Gasteiger partial charge on any atom is 0.0782 e. The fraction of sp³-hybridized carbons (Fsp3) is 0. The Morgan fingerprint density at radius 3 is 2.79 bits per heavy atom. The molecule has 3 rings (SSSR count). The van der Waals surface area contributed by atoms with Gasteiger partial charge in [-0.25, -0.2) is 4.21 Å². The van der Waals surface area contributed by atoms with E-state index in [9.17, 15) is 4.21 Å². The Kier molecular flexibility index (Phi) is 1.58. The molecule has 0 bridgehead atoms. The largest absolute Gasteiger partial charge is 0.250 e. The maximum atomic E-state index is 11.5. The SMILES string of the molecule is O=S1C=Cc2c1ccc1ccccc21. The summed E-state index contributed by atoms with van der Waals surface area (Å²) in [5, 5.41) is 4.14. The van der Waals surface area contributed by atoms with Crippen molar-refractivity contribution >= 4 is 27.6 Å². The highest BCUT2D eigenvalue weighted by atomic mass is 32.2. The van der Waals surface area contributed by atoms with Crippen LogP contribution in [-0.2, 0) is 10.8 Å². The van der Waals surface area contributed by atoms with E-state index in [0.717, 1.165) is 10.5 Å². The molecule has 2 heteroatoms. The van der Waals surface area contributed by atoms with Crippen molar-refractivity contribution in [2.45, 2.75) is 4.90 Å². The fourth-order valence-corrected chi connectivity index (χ4v) is 2.83. The molecule has 68 valence electrons. The Morgan fingerprint density at radius 1 is 1.00 bits per heavy atom. The van der Waals surface area contributed by atoms with E-state index in [1.54, 1.807) is 5.41 Å². The predicted octanol–water partition coefficient (Wildman–Crippen LogP) is 2.93. The highest BCUT2D eigenvalue weighted by Gasteiger charge is 2.13. The number of benzene rings is 2. The van der Waals surface area contributed by atoms with E-state index in [1.807, 2.05) is 30.3 Å². The first-order chi connectivity index (χ1) is 6.86. The zero-order valence-electron chi connectivity index (χ0n) is 7.44. The lowest BCUT2D eigenvalue weighted by atomic mass is 10.1. The molecule has 0 spiro atoms. The van der Waals surface area contributed by atoms with Crippen molar-refractivity contribution in [1.82, 2.24) is 0 Å². The minimum atomic E-state index is -0.934. The van der Waals surface area contributed by atoms with Gasteiger partial charge in [0.25, 0.3) is 0 Å². The highest BCUT2D eigenvalue weighted by molar-refractivity contribution is 7.88. The van der Waals surface area contributed by atoms with Gasteiger partial charge in [-0.1, -0.05) is 30.3 Å². The quantitative estimate of drug-likeness (QED) is 0.639. The first-order valence-electron chi connectivity index (χ1n) is 4.47. The van der Waals surface area contributed by atoms with Gasteiger partial charge in [0.05, 0.1) is 15.7 Å². The number of hydrogen-bond acceptors (Lipinski definition) is 1. The van der Waals surface area contributed by atoms with Gasteiger partial charge in [-0.05, 0) is 28.5 Å². The predicted molar refractivity (Wildman–Crippen MR) is 59.4 cm³/mol. The molecule has 1 unspecified atom stereocenters. The van der Waals surface area contributed by atoms with E-state index < -0.39 is 10.8 Å². The summed E-state index contributed by atoms with van der Waals surface area (Å²) < 4.78 is 11.5. The molecule has 14 heavy (non-hydrogen) atoms. The van der Waals surface area contributed by atoms with Gasteiger partial charge < -0.3 is 0 Å². The summed E-state index contributed by atoms with van der Waals surface area (Å²) in [6.07, 6.45) is 1.95. The molecular formula is C12H8OS. The molecule has 2 aromatic rings. The van der Waals surface area contributed by atoms with E-state index >= 15 is 0 Å². The van der Waals surface area contributed by atoms with Crippen LogP contribution in [0.1, 0.15) is 5.56 Å². The molecule has 0 radical (unpaired) electrons. The summed E-state index contributed by atoms with van der Waals surface area (Å²) in [6, 6.07) is 12.2. The van der Waals surface area contributed by atoms with Gasteiger partial charge in [-0.3, -0.25) is 0 Å². The Balaban J connectivity index is 2.49. The number of hydrogen-bond donors (Lipinski definition) is 0. The van der Waals surface area contributed by atoms with Gasteiger partial charge in [0.2, 0.25) is 0 Å². The van der Waals surface area contributed by atoms with Gasteiger partial charge >= 0.3 is 0 Å². The number of fused-ring (bicyclic) bond motifs is 3. The Hall–Kier alpha value is -1.41. The van der Waals surface area contributed by atoms with Crippen molar-refractivity contribution in [3.05, 3.63) is 47.4 Å². The summed E-state index contributed by atoms with van der Waals surface area (Å²) in [5.41, 5.74) is 1.11. The Bertz CT molecular complexity index is 570. The second-order valence-corrected chi connectivity index (χ2v) is 4.61. The van der Waals surface area contributed by atoms with E-state index in [-0.39, 0.29) is 0 Å². The summed E-state index contributed by atoms with van der Waals surface area (Å²) in [6.45, 7) is 0. The highest BCUT2D eigenvalue weighted by Crippen LogP contribution is 2.30. The van der Waals surface area contributed by atoms with Gasteiger partial charge in [0.15, 0.2) is 0 Å². The minimum Gasteiger partial charge on any atom is -0.250 e. The lowest BCUT2D eigenvalue weighted by molar-refractivity contribution is 0.689. The average Bonchev–Trinajstić information content (AvgIpc) is 2.61. The van der Waals surface area contributed by atoms with Crippen LogP contribution >= 0.6 is 0 Å². The van der Waals surface area contributed by atoms with Gasteiger partial charge in [-0.2, -0.15) is 0 Å². The van der Waals surface area contributed by atoms with Crippen molar-refractivity contribution in [2.24, 2.45) is 0 Å². The fourth-order valence-electron chi connectivity index (χ4n) is 1.83. The molecule has 1 aliphatic rings. The van der Waals surface area contributed by atoms with Crippen LogP contribution < -0.4 is 0 Å². The molecule has 0 N–H and O–H groups in total. The van der Waals surface area contributed by atoms with Crippen molar-refractivity contribution in [2.75, 3.05) is 0 Å². The minimum absolute atomic E-state index is 0.934. The molecule has 0 amide bonds. The zero-order valence-corrected chi connectivity index (χ0v) is 8.25. The van der Waals surface area contributed by atoms with Crippen LogP contribution in [0.25, 0.3) is 16.8 Å². The monoisotopic (exact) mass is 200 g/mol. The van der Waals surface area contributed by atoms with Gasteiger partial charge in [0, 0.05) is 5.41 Å². The third-order valence-electron chi connectivity index (χ3n) is 2.51. The van der Waals surface area contributed by atoms with Crippen LogP contribution in [-0.4, -0.2) is 4.21 Å². The molecule has 0 aliphatic carbocycles. The molecule has 2 aromatic carbocycles. The first-order valence-corrected chi connectivity index (χ1v) is 5.68. The van der Waals surface area contributed by atoms with E-state index in [0.29, 0.717) is 0 Å². The summed E-state index contributed by atoms with van der Waals surface area (Å²) in [7, 11) is -0.934. The molecule has 0 fully saturated rings. The van der Waals surface area contributed by atoms with Crippen LogP contribution in [0.5, 0.6) is 0 Å². The second-order valence-electron chi connectivity index (χ2n) is 3.30. The van der Waals surface area contributed by atoms with Crippen LogP contribution in [0.4, 0.5) is 0 Å². The van der Waals surface area contributed by atoms with Gasteiger partial charge in [0.1, 0.15) is 0 Å². The summed E-state index contributed by atoms with van der Waals surface area (Å²) in [4.78, 5) is 0.934. The molecule has 1 heterocycles. The molecule has 1 nitrogen and oxygen atoms in total. The molecule has 1 aliphatic heterocycles. The Morgan fingerprint density at radius 2 is 1.86 bits per heavy atom. The van der Waals surface area contributed by atoms with E-state index in [1.165, 1.54) is 10.8 Å². The molecule has 0 saturated carbocycles. The smallest absolute Gasteiger partial charge is 0.0782 e. The third kappa shape index (κ3) is 0.976. The van der Waals surface area contributed by atoms with Crippen LogP contribution in [0.15, 0.2) is 46.7 Å². The lowest BCUT2D eigenvalue weighted by Gasteiger charge is -2.02. The van der Waals surface area contributed by atoms with Crippen LogP contribution in [0.3, 0.4) is 0 Å². The molecule has 1 atom stereocenters. The molecular weight excluding hydrogens is 192 g/mol. The van der Waals surface area contributed by atoms with Crippen molar-refractivity contribution in [1.29, 1.82) is 0 Å². The standard InChI is InChI=1S/C12H8OS/c13-14-8-7-11-10-4-2-1-3-9(10)5-6-12(11)14/h1-8H. The zero-order chi connectivity index (χ0) is 9.54. The Labute approximate surface area is 84.5 Å². The molecule has 0 aromatic heterocycles. The summed E-state index contributed by atoms with van der Waals surface area (Å²) in [5.74, 6) is 0. The topological polar surface area (TPSA) is 17.1 Å². The molecule has 0 saturated heterocycles. The summed E-state index contributed by atoms with van der Waals surface area (Å²) >= 11 is 0. The van der Waals surface area contributed by atoms with E-state index in [2.05, 4.69) is 12.1 Å². The van der Waals surface area contributed by atoms with Crippen LogP contribution in [0.2, 0.25) is 0 Å². The second kappa shape index (κ2) is 2.79. The van der Waals surface area contributed by atoms with Crippen LogP contribution in [0, 0.1) is 0 Å². The maximum absolute atomic E-state index is 11.5. The first kappa shape index (κ1) is 7.94. The van der Waals surface area contributed by atoms with Crippen molar-refractivity contribution in [3.63, 3.8) is 0 Å². The van der Waals surface area contributed by atoms with Crippen molar-refractivity contribution in [3.8, 4) is 0 Å². The van der Waals surface area contributed by atoms with Gasteiger partial charge in [-0.15, -0.1) is 0 Å². The average molecular weight is 200 g/mol. The van der Waals surface area contributed by atoms with Crippen molar-refractivity contribution < 1.29 is 4.21 Å². The number of rotatable bonds is 0. The van der Waals surface area contributed by atoms with E-state index in [4.69, 9.17) is 0 Å². The lowest BCUT2D eigenvalue weighted by Crippen LogP contribution is -1.85. The normalized spacial score (nSPS) is 18.7.